The van der Waals surface area contributed by atoms with Gasteiger partial charge in [-0.25, -0.2) is 9.97 Å². The van der Waals surface area contributed by atoms with Crippen LogP contribution in [0.2, 0.25) is 0 Å². The molecule has 1 atom stereocenters. The quantitative estimate of drug-likeness (QED) is 0.364. The summed E-state index contributed by atoms with van der Waals surface area (Å²) in [5.41, 5.74) is 11.0. The maximum Gasteiger partial charge on any atom is 0.248 e. The minimum absolute atomic E-state index is 0.0565. The fourth-order valence-electron chi connectivity index (χ4n) is 5.79. The summed E-state index contributed by atoms with van der Waals surface area (Å²) in [6.45, 7) is 1.58. The van der Waals surface area contributed by atoms with Crippen molar-refractivity contribution in [2.45, 2.75) is 31.9 Å². The molecular formula is C30H29N5O3. The van der Waals surface area contributed by atoms with Crippen LogP contribution in [0.25, 0.3) is 10.9 Å². The molecule has 4 aromatic rings. The third-order valence-electron chi connectivity index (χ3n) is 7.85. The fourth-order valence-corrected chi connectivity index (χ4v) is 5.79. The topological polar surface area (TPSA) is 117 Å². The number of anilines is 1. The first-order chi connectivity index (χ1) is 18.5. The van der Waals surface area contributed by atoms with Gasteiger partial charge in [0.2, 0.25) is 5.56 Å². The molecule has 1 aliphatic heterocycles. The van der Waals surface area contributed by atoms with Crippen molar-refractivity contribution in [2.75, 3.05) is 24.6 Å². The number of aromatic amines is 1. The SMILES string of the molecule is N[C@@H]1c2ccccc2CC12CCN(c1ncc(C#CCOc3ccc4ccc(=O)[nH]c4c3)nc1CO)CC2. The fraction of sp³-hybridized carbons (Fsp3) is 0.300. The highest BCUT2D eigenvalue weighted by atomic mass is 16.5. The largest absolute Gasteiger partial charge is 0.481 e. The maximum absolute atomic E-state index is 11.5. The summed E-state index contributed by atoms with van der Waals surface area (Å²) < 4.78 is 5.72. The Labute approximate surface area is 220 Å². The van der Waals surface area contributed by atoms with Crippen LogP contribution in [0.1, 0.15) is 41.4 Å². The smallest absolute Gasteiger partial charge is 0.248 e. The lowest BCUT2D eigenvalue weighted by Crippen LogP contribution is -2.45. The number of rotatable bonds is 4. The molecule has 8 heteroatoms. The van der Waals surface area contributed by atoms with E-state index in [0.29, 0.717) is 28.5 Å². The molecule has 2 aromatic heterocycles. The minimum atomic E-state index is -0.212. The van der Waals surface area contributed by atoms with E-state index in [-0.39, 0.29) is 30.2 Å². The molecule has 0 amide bonds. The number of hydrogen-bond donors (Lipinski definition) is 3. The average Bonchev–Trinajstić information content (AvgIpc) is 3.22. The van der Waals surface area contributed by atoms with E-state index in [4.69, 9.17) is 10.5 Å². The van der Waals surface area contributed by atoms with Crippen molar-refractivity contribution < 1.29 is 9.84 Å². The van der Waals surface area contributed by atoms with Crippen molar-refractivity contribution >= 4 is 16.7 Å². The van der Waals surface area contributed by atoms with Crippen LogP contribution in [-0.2, 0) is 13.0 Å². The standard InChI is InChI=1S/C30H29N5O3/c31-28-24-6-2-1-4-21(24)17-30(28)11-13-35(14-12-30)29-26(19-36)33-22(18-32-29)5-3-15-38-23-9-7-20-8-10-27(37)34-25(20)16-23/h1-2,4,6-10,16,18,28,36H,11-15,17,19,31H2,(H,34,37)/t28-/m1/s1. The van der Waals surface area contributed by atoms with E-state index in [2.05, 4.69) is 56.0 Å². The molecule has 1 fully saturated rings. The van der Waals surface area contributed by atoms with Crippen LogP contribution in [0.5, 0.6) is 5.75 Å². The van der Waals surface area contributed by atoms with E-state index < -0.39 is 0 Å². The highest BCUT2D eigenvalue weighted by molar-refractivity contribution is 5.79. The first-order valence-corrected chi connectivity index (χ1v) is 12.8. The van der Waals surface area contributed by atoms with Crippen LogP contribution >= 0.6 is 0 Å². The number of fused-ring (bicyclic) bond motifs is 2. The van der Waals surface area contributed by atoms with Gasteiger partial charge in [-0.3, -0.25) is 4.79 Å². The number of aromatic nitrogens is 3. The molecule has 0 bridgehead atoms. The van der Waals surface area contributed by atoms with Crippen LogP contribution in [0, 0.1) is 17.3 Å². The molecule has 8 nitrogen and oxygen atoms in total. The third-order valence-corrected chi connectivity index (χ3v) is 7.85. The lowest BCUT2D eigenvalue weighted by atomic mass is 9.73. The summed E-state index contributed by atoms with van der Waals surface area (Å²) in [6, 6.07) is 17.3. The van der Waals surface area contributed by atoms with Gasteiger partial charge in [-0.1, -0.05) is 30.2 Å². The Morgan fingerprint density at radius 3 is 2.79 bits per heavy atom. The van der Waals surface area contributed by atoms with Crippen LogP contribution in [-0.4, -0.2) is 39.8 Å². The first-order valence-electron chi connectivity index (χ1n) is 12.8. The Bertz CT molecular complexity index is 1610. The lowest BCUT2D eigenvalue weighted by Gasteiger charge is -2.42. The van der Waals surface area contributed by atoms with Gasteiger partial charge in [0.25, 0.3) is 0 Å². The second-order valence-electron chi connectivity index (χ2n) is 10.0. The Morgan fingerprint density at radius 1 is 1.16 bits per heavy atom. The van der Waals surface area contributed by atoms with Crippen molar-refractivity contribution in [2.24, 2.45) is 11.1 Å². The van der Waals surface area contributed by atoms with Gasteiger partial charge >= 0.3 is 0 Å². The molecule has 2 aliphatic rings. The molecule has 0 saturated carbocycles. The average molecular weight is 508 g/mol. The predicted molar refractivity (Wildman–Crippen MR) is 146 cm³/mol. The summed E-state index contributed by atoms with van der Waals surface area (Å²) in [4.78, 5) is 25.7. The van der Waals surface area contributed by atoms with Gasteiger partial charge in [0, 0.05) is 31.3 Å². The number of pyridine rings is 1. The van der Waals surface area contributed by atoms with Crippen molar-refractivity contribution in [3.05, 3.63) is 93.7 Å². The van der Waals surface area contributed by atoms with E-state index in [1.54, 1.807) is 18.3 Å². The Kier molecular flexibility index (Phi) is 6.32. The van der Waals surface area contributed by atoms with Crippen molar-refractivity contribution in [3.8, 4) is 17.6 Å². The summed E-state index contributed by atoms with van der Waals surface area (Å²) in [5, 5.41) is 10.9. The van der Waals surface area contributed by atoms with Gasteiger partial charge in [0.05, 0.1) is 18.3 Å². The number of piperidine rings is 1. The van der Waals surface area contributed by atoms with E-state index in [0.717, 1.165) is 37.7 Å². The molecule has 192 valence electrons. The van der Waals surface area contributed by atoms with Crippen LogP contribution in [0.4, 0.5) is 5.82 Å². The molecule has 3 heterocycles. The normalized spacial score (nSPS) is 17.7. The molecule has 2 aromatic carbocycles. The molecule has 1 saturated heterocycles. The van der Waals surface area contributed by atoms with E-state index in [1.165, 1.54) is 17.2 Å². The third kappa shape index (κ3) is 4.51. The number of H-pyrrole nitrogens is 1. The maximum atomic E-state index is 11.5. The van der Waals surface area contributed by atoms with Crippen LogP contribution in [0.15, 0.2) is 65.6 Å². The lowest BCUT2D eigenvalue weighted by molar-refractivity contribution is 0.186. The van der Waals surface area contributed by atoms with E-state index >= 15 is 0 Å². The highest BCUT2D eigenvalue weighted by Crippen LogP contribution is 2.51. The summed E-state index contributed by atoms with van der Waals surface area (Å²) in [5.74, 6) is 7.24. The summed E-state index contributed by atoms with van der Waals surface area (Å²) in [6.07, 6.45) is 4.60. The molecule has 6 rings (SSSR count). The summed E-state index contributed by atoms with van der Waals surface area (Å²) in [7, 11) is 0. The molecule has 0 unspecified atom stereocenters. The van der Waals surface area contributed by atoms with Gasteiger partial charge in [0.1, 0.15) is 23.7 Å². The van der Waals surface area contributed by atoms with Crippen molar-refractivity contribution in [3.63, 3.8) is 0 Å². The molecule has 1 spiro atoms. The number of benzene rings is 2. The van der Waals surface area contributed by atoms with Crippen molar-refractivity contribution in [1.82, 2.24) is 15.0 Å². The number of aliphatic hydroxyl groups excluding tert-OH is 1. The zero-order chi connectivity index (χ0) is 26.1. The predicted octanol–water partition coefficient (Wildman–Crippen LogP) is 3.08. The number of aliphatic hydroxyl groups is 1. The Balaban J connectivity index is 1.10. The van der Waals surface area contributed by atoms with Crippen molar-refractivity contribution in [1.29, 1.82) is 0 Å². The molecular weight excluding hydrogens is 478 g/mol. The highest BCUT2D eigenvalue weighted by Gasteiger charge is 2.46. The molecule has 1 aliphatic carbocycles. The number of ether oxygens (including phenoxy) is 1. The van der Waals surface area contributed by atoms with Gasteiger partial charge in [0.15, 0.2) is 5.82 Å². The monoisotopic (exact) mass is 507 g/mol. The number of nitrogens with zero attached hydrogens (tertiary/aromatic N) is 3. The van der Waals surface area contributed by atoms with Crippen LogP contribution < -0.4 is 20.9 Å². The van der Waals surface area contributed by atoms with Gasteiger partial charge in [-0.2, -0.15) is 0 Å². The molecule has 4 N–H and O–H groups in total. The Morgan fingerprint density at radius 2 is 1.97 bits per heavy atom. The number of nitrogens with two attached hydrogens (primary N) is 1. The number of hydrogen-bond acceptors (Lipinski definition) is 7. The van der Waals surface area contributed by atoms with Gasteiger partial charge < -0.3 is 25.5 Å². The molecule has 38 heavy (non-hydrogen) atoms. The van der Waals surface area contributed by atoms with Gasteiger partial charge in [-0.05, 0) is 65.3 Å². The first kappa shape index (κ1) is 24.2. The minimum Gasteiger partial charge on any atom is -0.481 e. The van der Waals surface area contributed by atoms with Crippen LogP contribution in [0.3, 0.4) is 0 Å². The summed E-state index contributed by atoms with van der Waals surface area (Å²) >= 11 is 0. The molecule has 0 radical (unpaired) electrons. The van der Waals surface area contributed by atoms with E-state index in [9.17, 15) is 9.90 Å². The van der Waals surface area contributed by atoms with Gasteiger partial charge in [-0.15, -0.1) is 0 Å². The Hall–Kier alpha value is -4.19. The second kappa shape index (κ2) is 9.93. The number of nitrogens with one attached hydrogen (secondary N) is 1. The van der Waals surface area contributed by atoms with E-state index in [1.807, 2.05) is 12.1 Å². The zero-order valence-electron chi connectivity index (χ0n) is 21.0. The zero-order valence-corrected chi connectivity index (χ0v) is 21.0. The second-order valence-corrected chi connectivity index (χ2v) is 10.0.